The van der Waals surface area contributed by atoms with E-state index in [1.54, 1.807) is 0 Å². The molecule has 0 atom stereocenters. The van der Waals surface area contributed by atoms with Crippen molar-refractivity contribution < 1.29 is 19.4 Å². The van der Waals surface area contributed by atoms with E-state index >= 15 is 0 Å². The first kappa shape index (κ1) is 12.6. The molecule has 0 aliphatic heterocycles. The van der Waals surface area contributed by atoms with E-state index in [0.29, 0.717) is 0 Å². The van der Waals surface area contributed by atoms with Crippen LogP contribution in [-0.2, 0) is 15.2 Å². The first-order chi connectivity index (χ1) is 7.97. The van der Waals surface area contributed by atoms with Gasteiger partial charge in [0, 0.05) is 0 Å². The Morgan fingerprint density at radius 1 is 1.18 bits per heavy atom. The molecule has 1 aromatic rings. The number of benzene rings is 1. The van der Waals surface area contributed by atoms with E-state index in [9.17, 15) is 25.0 Å². The topological polar surface area (TPSA) is 113 Å². The average molecular weight is 240 g/mol. The van der Waals surface area contributed by atoms with Crippen molar-refractivity contribution >= 4 is 5.97 Å². The summed E-state index contributed by atoms with van der Waals surface area (Å²) in [6.07, 6.45) is 0. The highest BCUT2D eigenvalue weighted by Gasteiger charge is 2.67. The van der Waals surface area contributed by atoms with Gasteiger partial charge >= 0.3 is 11.6 Å². The van der Waals surface area contributed by atoms with Crippen molar-refractivity contribution in [2.75, 3.05) is 7.11 Å². The first-order valence-electron chi connectivity index (χ1n) is 4.40. The predicted molar refractivity (Wildman–Crippen MR) is 54.1 cm³/mol. The molecule has 0 amide bonds. The average Bonchev–Trinajstić information content (AvgIpc) is 2.30. The molecule has 0 aromatic heterocycles. The van der Waals surface area contributed by atoms with Gasteiger partial charge in [-0.05, 0) is 12.1 Å². The van der Waals surface area contributed by atoms with Crippen LogP contribution in [0.3, 0.4) is 0 Å². The summed E-state index contributed by atoms with van der Waals surface area (Å²) in [5.41, 5.74) is -3.47. The summed E-state index contributed by atoms with van der Waals surface area (Å²) < 4.78 is 4.17. The number of hydrogen-bond donors (Lipinski definition) is 0. The van der Waals surface area contributed by atoms with Gasteiger partial charge in [0.05, 0.1) is 7.11 Å². The number of carbonyl (C=O) groups excluding carboxylic acids is 1. The van der Waals surface area contributed by atoms with Crippen LogP contribution in [0, 0.1) is 20.2 Å². The Kier molecular flexibility index (Phi) is 3.37. The second kappa shape index (κ2) is 4.56. The van der Waals surface area contributed by atoms with Crippen molar-refractivity contribution in [3.63, 3.8) is 0 Å². The minimum atomic E-state index is -3.12. The third-order valence-electron chi connectivity index (χ3n) is 2.17. The molecule has 0 saturated carbocycles. The monoisotopic (exact) mass is 240 g/mol. The number of methoxy groups -OCH3 is 1. The second-order valence-electron chi connectivity index (χ2n) is 3.04. The third kappa shape index (κ3) is 1.80. The fraction of sp³-hybridized carbons (Fsp3) is 0.222. The lowest BCUT2D eigenvalue weighted by Gasteiger charge is -2.14. The third-order valence-corrected chi connectivity index (χ3v) is 2.17. The molecule has 0 bridgehead atoms. The number of nitrogens with zero attached hydrogens (tertiary/aromatic N) is 2. The summed E-state index contributed by atoms with van der Waals surface area (Å²) in [5.74, 6) is -1.54. The summed E-state index contributed by atoms with van der Waals surface area (Å²) in [7, 11) is 0.854. The molecule has 1 aromatic carbocycles. The van der Waals surface area contributed by atoms with E-state index in [0.717, 1.165) is 19.2 Å². The van der Waals surface area contributed by atoms with Gasteiger partial charge in [-0.1, -0.05) is 18.2 Å². The number of rotatable bonds is 4. The molecule has 0 saturated heterocycles. The molecule has 0 spiro atoms. The van der Waals surface area contributed by atoms with Gasteiger partial charge < -0.3 is 4.74 Å². The minimum Gasteiger partial charge on any atom is -0.458 e. The van der Waals surface area contributed by atoms with Crippen LogP contribution < -0.4 is 0 Å². The largest absolute Gasteiger partial charge is 0.579 e. The standard InChI is InChI=1S/C9H8N2O6/c1-17-8(12)9(10(13)14,11(15)16)7-5-3-2-4-6-7/h2-6H,1H3. The normalized spacial score (nSPS) is 10.6. The molecular weight excluding hydrogens is 232 g/mol. The van der Waals surface area contributed by atoms with E-state index in [1.165, 1.54) is 18.2 Å². The molecule has 0 heterocycles. The van der Waals surface area contributed by atoms with Gasteiger partial charge in [-0.2, -0.15) is 0 Å². The molecule has 0 fully saturated rings. The summed E-state index contributed by atoms with van der Waals surface area (Å²) in [4.78, 5) is 30.7. The molecule has 1 rings (SSSR count). The minimum absolute atomic E-state index is 0.359. The molecular formula is C9H8N2O6. The zero-order valence-corrected chi connectivity index (χ0v) is 8.73. The van der Waals surface area contributed by atoms with Gasteiger partial charge in [-0.25, -0.2) is 4.79 Å². The molecule has 0 aliphatic carbocycles. The van der Waals surface area contributed by atoms with Gasteiger partial charge in [0.2, 0.25) is 0 Å². The van der Waals surface area contributed by atoms with Gasteiger partial charge in [0.25, 0.3) is 0 Å². The van der Waals surface area contributed by atoms with Crippen LogP contribution in [-0.4, -0.2) is 22.9 Å². The van der Waals surface area contributed by atoms with E-state index in [-0.39, 0.29) is 5.56 Å². The van der Waals surface area contributed by atoms with Crippen LogP contribution >= 0.6 is 0 Å². The van der Waals surface area contributed by atoms with Crippen molar-refractivity contribution in [3.8, 4) is 0 Å². The Morgan fingerprint density at radius 2 is 1.65 bits per heavy atom. The van der Waals surface area contributed by atoms with E-state index < -0.39 is 21.5 Å². The Labute approximate surface area is 95.1 Å². The van der Waals surface area contributed by atoms with E-state index in [2.05, 4.69) is 4.74 Å². The van der Waals surface area contributed by atoms with Crippen LogP contribution in [0.1, 0.15) is 5.56 Å². The second-order valence-corrected chi connectivity index (χ2v) is 3.04. The molecule has 8 heteroatoms. The summed E-state index contributed by atoms with van der Waals surface area (Å²) in [6, 6.07) is 6.50. The summed E-state index contributed by atoms with van der Waals surface area (Å²) in [5, 5.41) is 21.9. The number of esters is 1. The number of carbonyl (C=O) groups is 1. The van der Waals surface area contributed by atoms with E-state index in [1.807, 2.05) is 0 Å². The molecule has 0 N–H and O–H groups in total. The Morgan fingerprint density at radius 3 is 2.00 bits per heavy atom. The number of ether oxygens (including phenoxy) is 1. The van der Waals surface area contributed by atoms with Crippen molar-refractivity contribution in [2.45, 2.75) is 5.66 Å². The molecule has 8 nitrogen and oxygen atoms in total. The van der Waals surface area contributed by atoms with Crippen LogP contribution in [0.2, 0.25) is 0 Å². The fourth-order valence-corrected chi connectivity index (χ4v) is 1.36. The Bertz CT molecular complexity index is 444. The molecule has 17 heavy (non-hydrogen) atoms. The van der Waals surface area contributed by atoms with Crippen molar-refractivity contribution in [2.24, 2.45) is 0 Å². The van der Waals surface area contributed by atoms with Gasteiger partial charge in [-0.3, -0.25) is 20.2 Å². The molecule has 0 aliphatic rings. The summed E-state index contributed by atoms with van der Waals surface area (Å²) in [6.45, 7) is 0. The van der Waals surface area contributed by atoms with Crippen molar-refractivity contribution in [3.05, 3.63) is 56.1 Å². The molecule has 90 valence electrons. The van der Waals surface area contributed by atoms with Crippen LogP contribution in [0.15, 0.2) is 30.3 Å². The molecule has 0 unspecified atom stereocenters. The highest BCUT2D eigenvalue weighted by Crippen LogP contribution is 2.27. The van der Waals surface area contributed by atoms with Crippen LogP contribution in [0.4, 0.5) is 0 Å². The first-order valence-corrected chi connectivity index (χ1v) is 4.40. The van der Waals surface area contributed by atoms with Crippen molar-refractivity contribution in [1.29, 1.82) is 0 Å². The fourth-order valence-electron chi connectivity index (χ4n) is 1.36. The smallest absolute Gasteiger partial charge is 0.458 e. The zero-order chi connectivity index (χ0) is 13.1. The SMILES string of the molecule is COC(=O)C(c1ccccc1)([N+](=O)[O-])[N+](=O)[O-]. The quantitative estimate of drug-likeness (QED) is 0.329. The van der Waals surface area contributed by atoms with Gasteiger partial charge in [-0.15, -0.1) is 0 Å². The van der Waals surface area contributed by atoms with Gasteiger partial charge in [0.15, 0.2) is 0 Å². The van der Waals surface area contributed by atoms with E-state index in [4.69, 9.17) is 0 Å². The predicted octanol–water partition coefficient (Wildman–Crippen LogP) is 0.566. The summed E-state index contributed by atoms with van der Waals surface area (Å²) >= 11 is 0. The van der Waals surface area contributed by atoms with Gasteiger partial charge in [0.1, 0.15) is 15.4 Å². The lowest BCUT2D eigenvalue weighted by molar-refractivity contribution is -0.790. The maximum absolute atomic E-state index is 11.4. The Balaban J connectivity index is 3.52. The zero-order valence-electron chi connectivity index (χ0n) is 8.73. The van der Waals surface area contributed by atoms with Crippen LogP contribution in [0.5, 0.6) is 0 Å². The van der Waals surface area contributed by atoms with Crippen LogP contribution in [0.25, 0.3) is 0 Å². The maximum Gasteiger partial charge on any atom is 0.579 e. The van der Waals surface area contributed by atoms with Crippen molar-refractivity contribution in [1.82, 2.24) is 0 Å². The lowest BCUT2D eigenvalue weighted by Crippen LogP contribution is -2.50. The highest BCUT2D eigenvalue weighted by atomic mass is 16.7. The number of hydrogen-bond acceptors (Lipinski definition) is 6. The Hall–Kier alpha value is -2.51. The molecule has 0 radical (unpaired) electrons. The highest BCUT2D eigenvalue weighted by molar-refractivity contribution is 5.78. The lowest BCUT2D eigenvalue weighted by atomic mass is 10.0. The number of nitro groups is 2. The maximum atomic E-state index is 11.4.